The van der Waals surface area contributed by atoms with Crippen LogP contribution < -0.4 is 0 Å². The fourth-order valence-electron chi connectivity index (χ4n) is 9.79. The molecule has 0 rings (SSSR count). The van der Waals surface area contributed by atoms with E-state index in [1.54, 1.807) is 0 Å². The Balaban J connectivity index is 4.33. The van der Waals surface area contributed by atoms with Gasteiger partial charge in [0.05, 0.1) is 26.4 Å². The van der Waals surface area contributed by atoms with Gasteiger partial charge in [-0.05, 0) is 116 Å². The van der Waals surface area contributed by atoms with E-state index in [4.69, 9.17) is 32.3 Å². The number of esters is 3. The van der Waals surface area contributed by atoms with Crippen molar-refractivity contribution in [3.05, 3.63) is 109 Å². The number of aliphatic hydroxyl groups is 2. The van der Waals surface area contributed by atoms with Crippen molar-refractivity contribution in [2.75, 3.05) is 39.6 Å². The van der Waals surface area contributed by atoms with E-state index >= 15 is 0 Å². The predicted molar refractivity (Wildman–Crippen MR) is 390 cm³/mol. The maximum atomic E-state index is 12.9. The minimum absolute atomic E-state index is 0.0852. The molecule has 5 unspecified atom stereocenters. The molecular formula is C77H134O16P2. The predicted octanol–water partition coefficient (Wildman–Crippen LogP) is 21.2. The van der Waals surface area contributed by atoms with Gasteiger partial charge in [0.15, 0.2) is 6.10 Å². The molecule has 0 radical (unpaired) electrons. The van der Waals surface area contributed by atoms with Crippen LogP contribution in [0.5, 0.6) is 0 Å². The third-order valence-electron chi connectivity index (χ3n) is 15.4. The smallest absolute Gasteiger partial charge is 0.463 e. The lowest BCUT2D eigenvalue weighted by Gasteiger charge is -2.21. The highest BCUT2D eigenvalue weighted by molar-refractivity contribution is 7.47. The number of phosphoric ester groups is 2. The van der Waals surface area contributed by atoms with Gasteiger partial charge in [0, 0.05) is 19.3 Å². The second kappa shape index (κ2) is 70.1. The molecule has 0 aliphatic rings. The number of hydrogen-bond acceptors (Lipinski definition) is 14. The third-order valence-corrected chi connectivity index (χ3v) is 17.3. The Morgan fingerprint density at radius 1 is 0.305 bits per heavy atom. The van der Waals surface area contributed by atoms with Gasteiger partial charge in [-0.15, -0.1) is 0 Å². The van der Waals surface area contributed by atoms with E-state index in [-0.39, 0.29) is 19.3 Å². The number of unbranched alkanes of at least 4 members (excludes halogenated alkanes) is 29. The lowest BCUT2D eigenvalue weighted by molar-refractivity contribution is -0.161. The van der Waals surface area contributed by atoms with Crippen LogP contribution >= 0.6 is 15.6 Å². The Labute approximate surface area is 577 Å². The zero-order chi connectivity index (χ0) is 69.5. The SMILES string of the molecule is CC/C=C\C/C=C\C/C=C\C/C=C\C/C=C\CCCCCCCCCCCCCCCCCCCC(=O)OCC(O)COP(=O)(O)OCC(O)COP(=O)(O)OCC(COC(=O)CCCCCCC/C=C\C/C=C\CCC)OC(=O)CCCCCCC/C=C\C/C=C\CCC. The normalized spacial score (nSPS) is 14.7. The Hall–Kier alpha value is -3.79. The number of aliphatic hydroxyl groups excluding tert-OH is 2. The van der Waals surface area contributed by atoms with E-state index in [0.717, 1.165) is 154 Å². The molecule has 0 fully saturated rings. The fourth-order valence-corrected chi connectivity index (χ4v) is 11.4. The zero-order valence-corrected chi connectivity index (χ0v) is 61.4. The number of ether oxygens (including phenoxy) is 3. The summed E-state index contributed by atoms with van der Waals surface area (Å²) in [5.74, 6) is -1.60. The molecule has 0 amide bonds. The summed E-state index contributed by atoms with van der Waals surface area (Å²) in [6.07, 6.45) is 80.3. The summed E-state index contributed by atoms with van der Waals surface area (Å²) < 4.78 is 60.9. The van der Waals surface area contributed by atoms with Gasteiger partial charge in [0.25, 0.3) is 0 Å². The topological polar surface area (TPSA) is 231 Å². The van der Waals surface area contributed by atoms with Crippen LogP contribution in [0.4, 0.5) is 0 Å². The number of phosphoric acid groups is 2. The average molecular weight is 1380 g/mol. The van der Waals surface area contributed by atoms with Crippen molar-refractivity contribution in [3.8, 4) is 0 Å². The van der Waals surface area contributed by atoms with Gasteiger partial charge < -0.3 is 34.2 Å². The van der Waals surface area contributed by atoms with E-state index in [1.165, 1.54) is 89.9 Å². The Bertz CT molecular complexity index is 2170. The van der Waals surface area contributed by atoms with Crippen LogP contribution in [0.1, 0.15) is 303 Å². The van der Waals surface area contributed by atoms with Crippen molar-refractivity contribution in [3.63, 3.8) is 0 Å². The van der Waals surface area contributed by atoms with Gasteiger partial charge in [0.1, 0.15) is 25.4 Å². The Morgan fingerprint density at radius 3 is 0.884 bits per heavy atom. The van der Waals surface area contributed by atoms with E-state index in [0.29, 0.717) is 19.3 Å². The Kier molecular flexibility index (Phi) is 67.3. The highest BCUT2D eigenvalue weighted by Gasteiger charge is 2.29. The molecule has 548 valence electrons. The van der Waals surface area contributed by atoms with E-state index in [9.17, 15) is 43.5 Å². The minimum atomic E-state index is -4.93. The number of hydrogen-bond donors (Lipinski definition) is 4. The average Bonchev–Trinajstić information content (AvgIpc) is 2.18. The van der Waals surface area contributed by atoms with Gasteiger partial charge in [0.2, 0.25) is 0 Å². The van der Waals surface area contributed by atoms with Gasteiger partial charge in [-0.2, -0.15) is 0 Å². The highest BCUT2D eigenvalue weighted by atomic mass is 31.2. The highest BCUT2D eigenvalue weighted by Crippen LogP contribution is 2.45. The van der Waals surface area contributed by atoms with Crippen LogP contribution in [0, 0.1) is 0 Å². The molecule has 0 aromatic carbocycles. The van der Waals surface area contributed by atoms with Crippen LogP contribution in [0.15, 0.2) is 109 Å². The van der Waals surface area contributed by atoms with Crippen LogP contribution in [-0.4, -0.2) is 95.9 Å². The van der Waals surface area contributed by atoms with Crippen molar-refractivity contribution in [2.45, 2.75) is 322 Å². The van der Waals surface area contributed by atoms with Crippen LogP contribution in [-0.2, 0) is 55.8 Å². The first kappa shape index (κ1) is 91.2. The summed E-state index contributed by atoms with van der Waals surface area (Å²) in [4.78, 5) is 58.3. The number of rotatable bonds is 70. The van der Waals surface area contributed by atoms with Crippen molar-refractivity contribution >= 4 is 33.6 Å². The van der Waals surface area contributed by atoms with Crippen molar-refractivity contribution in [1.29, 1.82) is 0 Å². The largest absolute Gasteiger partial charge is 0.472 e. The van der Waals surface area contributed by atoms with Crippen LogP contribution in [0.2, 0.25) is 0 Å². The lowest BCUT2D eigenvalue weighted by atomic mass is 10.0. The van der Waals surface area contributed by atoms with E-state index in [1.807, 2.05) is 0 Å². The zero-order valence-electron chi connectivity index (χ0n) is 59.6. The molecule has 0 aromatic rings. The number of carbonyl (C=O) groups is 3. The van der Waals surface area contributed by atoms with Gasteiger partial charge in [-0.25, -0.2) is 9.13 Å². The molecule has 0 saturated heterocycles. The maximum Gasteiger partial charge on any atom is 0.472 e. The lowest BCUT2D eigenvalue weighted by Crippen LogP contribution is -2.30. The molecule has 4 N–H and O–H groups in total. The third kappa shape index (κ3) is 71.3. The molecule has 0 aliphatic heterocycles. The summed E-state index contributed by atoms with van der Waals surface area (Å²) >= 11 is 0. The molecule has 18 heteroatoms. The summed E-state index contributed by atoms with van der Waals surface area (Å²) in [6.45, 7) is 2.40. The molecule has 0 aliphatic carbocycles. The quantitative estimate of drug-likeness (QED) is 0.0146. The summed E-state index contributed by atoms with van der Waals surface area (Å²) in [6, 6.07) is 0. The second-order valence-electron chi connectivity index (χ2n) is 24.7. The molecule has 5 atom stereocenters. The molecule has 0 heterocycles. The van der Waals surface area contributed by atoms with E-state index in [2.05, 4.69) is 130 Å². The number of carbonyl (C=O) groups excluding carboxylic acids is 3. The van der Waals surface area contributed by atoms with Gasteiger partial charge >= 0.3 is 33.6 Å². The minimum Gasteiger partial charge on any atom is -0.463 e. The maximum absolute atomic E-state index is 12.9. The van der Waals surface area contributed by atoms with E-state index < -0.39 is 91.5 Å². The molecule has 95 heavy (non-hydrogen) atoms. The van der Waals surface area contributed by atoms with Crippen LogP contribution in [0.3, 0.4) is 0 Å². The van der Waals surface area contributed by atoms with Gasteiger partial charge in [-0.3, -0.25) is 32.5 Å². The first-order valence-corrected chi connectivity index (χ1v) is 40.2. The summed E-state index contributed by atoms with van der Waals surface area (Å²) in [5.41, 5.74) is 0. The fraction of sp³-hybridized carbons (Fsp3) is 0.727. The summed E-state index contributed by atoms with van der Waals surface area (Å²) in [7, 11) is -9.78. The van der Waals surface area contributed by atoms with Gasteiger partial charge in [-0.1, -0.05) is 278 Å². The standard InChI is InChI=1S/C77H134O16P2/c1-4-7-10-13-16-19-22-25-26-27-28-29-30-31-32-33-34-35-36-37-38-39-40-41-42-43-44-47-49-51-54-57-60-63-75(80)87-66-72(78)67-89-94(83,84)90-68-73(79)69-91-95(85,86)92-71-74(93-77(82)65-62-59-56-53-50-46-24-21-18-15-12-9-6-3)70-88-76(81)64-61-58-55-52-48-45-23-20-17-14-11-8-5-2/h7,10-12,14-16,19-21,23-26,28-29,31-32,72-74,78-79H,4-6,8-9,13,17-18,22,27,30,33-71H2,1-3H3,(H,83,84)(H,85,86)/b10-7-,14-11-,15-12-,19-16-,23-20-,24-21-,26-25-,29-28-,32-31-. The van der Waals surface area contributed by atoms with Crippen molar-refractivity contribution < 1.29 is 75.8 Å². The molecule has 0 saturated carbocycles. The molecule has 0 spiro atoms. The second-order valence-corrected chi connectivity index (χ2v) is 27.6. The molecule has 0 bridgehead atoms. The molecule has 16 nitrogen and oxygen atoms in total. The first-order chi connectivity index (χ1) is 46.2. The first-order valence-electron chi connectivity index (χ1n) is 37.2. The van der Waals surface area contributed by atoms with Crippen LogP contribution in [0.25, 0.3) is 0 Å². The summed E-state index contributed by atoms with van der Waals surface area (Å²) in [5, 5.41) is 20.6. The molecule has 0 aromatic heterocycles. The number of allylic oxidation sites excluding steroid dienone is 18. The molecular weight excluding hydrogens is 1240 g/mol. The Morgan fingerprint density at radius 2 is 0.558 bits per heavy atom. The van der Waals surface area contributed by atoms with Crippen molar-refractivity contribution in [2.24, 2.45) is 0 Å². The monoisotopic (exact) mass is 1380 g/mol. The van der Waals surface area contributed by atoms with Crippen molar-refractivity contribution in [1.82, 2.24) is 0 Å².